The first kappa shape index (κ1) is 17.8. The zero-order valence-corrected chi connectivity index (χ0v) is 13.6. The normalized spacial score (nSPS) is 12.7. The molecule has 2 amide bonds. The lowest BCUT2D eigenvalue weighted by Crippen LogP contribution is -2.44. The van der Waals surface area contributed by atoms with Crippen molar-refractivity contribution in [3.63, 3.8) is 0 Å². The van der Waals surface area contributed by atoms with E-state index in [1.54, 1.807) is 0 Å². The maximum Gasteiger partial charge on any atom is 0.366 e. The molecule has 1 aromatic carbocycles. The molecule has 27 heavy (non-hydrogen) atoms. The van der Waals surface area contributed by atoms with Gasteiger partial charge in [0.05, 0.1) is 5.56 Å². The molecule has 0 spiro atoms. The summed E-state index contributed by atoms with van der Waals surface area (Å²) >= 11 is 0. The first-order valence-electron chi connectivity index (χ1n) is 7.57. The Morgan fingerprint density at radius 2 is 1.96 bits per heavy atom. The van der Waals surface area contributed by atoms with Crippen LogP contribution in [0.5, 0.6) is 5.75 Å². The molecule has 0 radical (unpaired) electrons. The number of nitro groups is 1. The standard InChI is InChI=1S/C16H12N4O7/c21-13(17-10-3-1-9(2-4-10)16(23)24)7-19-14(22)8-27-11-5-6-12(20(25)26)18-15(11)19/h1-6H,7-8H2,(H,17,21)(H,23,24). The topological polar surface area (TPSA) is 152 Å². The number of aromatic carboxylic acids is 1. The SMILES string of the molecule is O=C(CN1C(=O)COc2ccc([N+](=O)[O-])nc21)Nc1ccc(C(=O)O)cc1. The van der Waals surface area contributed by atoms with Gasteiger partial charge in [-0.3, -0.25) is 14.5 Å². The van der Waals surface area contributed by atoms with Crippen LogP contribution >= 0.6 is 0 Å². The number of carbonyl (C=O) groups is 3. The predicted molar refractivity (Wildman–Crippen MR) is 90.8 cm³/mol. The molecule has 0 aliphatic carbocycles. The Kier molecular flexibility index (Phi) is 4.66. The van der Waals surface area contributed by atoms with Crippen LogP contribution in [0, 0.1) is 10.1 Å². The average molecular weight is 372 g/mol. The number of carboxylic acids is 1. The summed E-state index contributed by atoms with van der Waals surface area (Å²) in [6.07, 6.45) is 0. The Morgan fingerprint density at radius 1 is 1.26 bits per heavy atom. The number of amides is 2. The lowest BCUT2D eigenvalue weighted by Gasteiger charge is -2.24. The molecular weight excluding hydrogens is 360 g/mol. The van der Waals surface area contributed by atoms with Gasteiger partial charge in [-0.1, -0.05) is 0 Å². The molecule has 0 saturated carbocycles. The van der Waals surface area contributed by atoms with Gasteiger partial charge in [-0.05, 0) is 40.2 Å². The summed E-state index contributed by atoms with van der Waals surface area (Å²) in [6, 6.07) is 7.88. The lowest BCUT2D eigenvalue weighted by atomic mass is 10.2. The molecule has 1 aliphatic rings. The van der Waals surface area contributed by atoms with Crippen molar-refractivity contribution < 1.29 is 29.2 Å². The molecule has 2 heterocycles. The number of aromatic nitrogens is 1. The van der Waals surface area contributed by atoms with Crippen molar-refractivity contribution in [2.24, 2.45) is 0 Å². The Balaban J connectivity index is 1.77. The molecule has 0 fully saturated rings. The largest absolute Gasteiger partial charge is 0.478 e. The minimum Gasteiger partial charge on any atom is -0.478 e. The summed E-state index contributed by atoms with van der Waals surface area (Å²) in [7, 11) is 0. The summed E-state index contributed by atoms with van der Waals surface area (Å²) in [5, 5.41) is 22.3. The zero-order valence-electron chi connectivity index (χ0n) is 13.6. The van der Waals surface area contributed by atoms with Crippen molar-refractivity contribution in [1.29, 1.82) is 0 Å². The molecule has 2 N–H and O–H groups in total. The fourth-order valence-corrected chi connectivity index (χ4v) is 2.37. The number of carbonyl (C=O) groups excluding carboxylic acids is 2. The van der Waals surface area contributed by atoms with Crippen molar-refractivity contribution in [3.8, 4) is 5.75 Å². The van der Waals surface area contributed by atoms with Crippen molar-refractivity contribution in [2.45, 2.75) is 0 Å². The Hall–Kier alpha value is -4.02. The third-order valence-electron chi connectivity index (χ3n) is 3.64. The van der Waals surface area contributed by atoms with E-state index in [-0.39, 0.29) is 23.7 Å². The maximum absolute atomic E-state index is 12.2. The summed E-state index contributed by atoms with van der Waals surface area (Å²) < 4.78 is 5.17. The highest BCUT2D eigenvalue weighted by molar-refractivity contribution is 6.04. The van der Waals surface area contributed by atoms with E-state index >= 15 is 0 Å². The number of pyridine rings is 1. The van der Waals surface area contributed by atoms with Gasteiger partial charge in [0.2, 0.25) is 5.91 Å². The van der Waals surface area contributed by atoms with Gasteiger partial charge in [0, 0.05) is 11.8 Å². The predicted octanol–water partition coefficient (Wildman–Crippen LogP) is 1.05. The van der Waals surface area contributed by atoms with Gasteiger partial charge in [-0.15, -0.1) is 0 Å². The number of ether oxygens (including phenoxy) is 1. The summed E-state index contributed by atoms with van der Waals surface area (Å²) in [4.78, 5) is 50.1. The van der Waals surface area contributed by atoms with E-state index < -0.39 is 35.1 Å². The second kappa shape index (κ2) is 7.07. The maximum atomic E-state index is 12.2. The van der Waals surface area contributed by atoms with Crippen LogP contribution in [0.3, 0.4) is 0 Å². The van der Waals surface area contributed by atoms with Crippen LogP contribution in [0.1, 0.15) is 10.4 Å². The van der Waals surface area contributed by atoms with Crippen molar-refractivity contribution in [1.82, 2.24) is 4.98 Å². The van der Waals surface area contributed by atoms with E-state index in [0.717, 1.165) is 11.0 Å². The fraction of sp³-hybridized carbons (Fsp3) is 0.125. The summed E-state index contributed by atoms with van der Waals surface area (Å²) in [5.74, 6) is -2.71. The van der Waals surface area contributed by atoms with Gasteiger partial charge in [0.15, 0.2) is 12.4 Å². The smallest absolute Gasteiger partial charge is 0.366 e. The lowest BCUT2D eigenvalue weighted by molar-refractivity contribution is -0.389. The molecule has 0 saturated heterocycles. The van der Waals surface area contributed by atoms with Gasteiger partial charge in [-0.2, -0.15) is 0 Å². The second-order valence-electron chi connectivity index (χ2n) is 5.45. The summed E-state index contributed by atoms with van der Waals surface area (Å²) in [5.41, 5.74) is 0.389. The molecule has 11 nitrogen and oxygen atoms in total. The first-order chi connectivity index (χ1) is 12.8. The fourth-order valence-electron chi connectivity index (χ4n) is 2.37. The zero-order chi connectivity index (χ0) is 19.6. The van der Waals surface area contributed by atoms with Crippen molar-refractivity contribution >= 4 is 35.1 Å². The number of rotatable bonds is 5. The molecule has 1 aromatic heterocycles. The number of anilines is 2. The molecule has 2 aromatic rings. The van der Waals surface area contributed by atoms with Gasteiger partial charge in [0.25, 0.3) is 11.7 Å². The number of hydrogen-bond acceptors (Lipinski definition) is 7. The number of benzene rings is 1. The number of carboxylic acid groups (broad SMARTS) is 1. The number of hydrogen-bond donors (Lipinski definition) is 2. The van der Waals surface area contributed by atoms with Crippen LogP contribution in [-0.2, 0) is 9.59 Å². The monoisotopic (exact) mass is 372 g/mol. The molecule has 1 aliphatic heterocycles. The van der Waals surface area contributed by atoms with E-state index in [0.29, 0.717) is 5.69 Å². The van der Waals surface area contributed by atoms with E-state index in [9.17, 15) is 24.5 Å². The minimum absolute atomic E-state index is 0.0572. The molecule has 138 valence electrons. The minimum atomic E-state index is -1.10. The van der Waals surface area contributed by atoms with E-state index in [4.69, 9.17) is 9.84 Å². The molecule has 0 atom stereocenters. The van der Waals surface area contributed by atoms with Gasteiger partial charge in [0.1, 0.15) is 6.54 Å². The van der Waals surface area contributed by atoms with Crippen molar-refractivity contribution in [2.75, 3.05) is 23.4 Å². The second-order valence-corrected chi connectivity index (χ2v) is 5.45. The molecule has 0 bridgehead atoms. The van der Waals surface area contributed by atoms with Crippen LogP contribution in [0.25, 0.3) is 0 Å². The molecular formula is C16H12N4O7. The Bertz CT molecular complexity index is 942. The number of nitrogens with zero attached hydrogens (tertiary/aromatic N) is 3. The van der Waals surface area contributed by atoms with Crippen LogP contribution in [0.2, 0.25) is 0 Å². The third kappa shape index (κ3) is 3.81. The van der Waals surface area contributed by atoms with Crippen LogP contribution < -0.4 is 15.0 Å². The quantitative estimate of drug-likeness (QED) is 0.583. The van der Waals surface area contributed by atoms with E-state index in [1.165, 1.54) is 30.3 Å². The number of nitrogens with one attached hydrogen (secondary N) is 1. The van der Waals surface area contributed by atoms with Crippen molar-refractivity contribution in [3.05, 3.63) is 52.1 Å². The highest BCUT2D eigenvalue weighted by atomic mass is 16.6. The van der Waals surface area contributed by atoms with Crippen LogP contribution in [0.4, 0.5) is 17.3 Å². The van der Waals surface area contributed by atoms with Crippen LogP contribution in [0.15, 0.2) is 36.4 Å². The van der Waals surface area contributed by atoms with E-state index in [2.05, 4.69) is 10.3 Å². The average Bonchev–Trinajstić information content (AvgIpc) is 2.64. The number of fused-ring (bicyclic) bond motifs is 1. The molecule has 3 rings (SSSR count). The highest BCUT2D eigenvalue weighted by Gasteiger charge is 2.33. The van der Waals surface area contributed by atoms with Crippen LogP contribution in [-0.4, -0.2) is 45.9 Å². The summed E-state index contributed by atoms with van der Waals surface area (Å²) in [6.45, 7) is -0.767. The van der Waals surface area contributed by atoms with Gasteiger partial charge in [-0.25, -0.2) is 4.79 Å². The molecule has 0 unspecified atom stereocenters. The Morgan fingerprint density at radius 3 is 2.59 bits per heavy atom. The highest BCUT2D eigenvalue weighted by Crippen LogP contribution is 2.31. The van der Waals surface area contributed by atoms with E-state index in [1.807, 2.05) is 0 Å². The third-order valence-corrected chi connectivity index (χ3v) is 3.64. The van der Waals surface area contributed by atoms with Gasteiger partial charge < -0.3 is 25.3 Å². The Labute approximate surface area is 151 Å². The van der Waals surface area contributed by atoms with Gasteiger partial charge >= 0.3 is 11.8 Å². The molecule has 11 heteroatoms. The first-order valence-corrected chi connectivity index (χ1v) is 7.57.